The van der Waals surface area contributed by atoms with Gasteiger partial charge in [0.15, 0.2) is 5.69 Å². The van der Waals surface area contributed by atoms with Crippen LogP contribution in [-0.4, -0.2) is 63.1 Å². The molecule has 1 fully saturated rings. The Hall–Kier alpha value is -3.82. The van der Waals surface area contributed by atoms with E-state index in [2.05, 4.69) is 27.5 Å². The summed E-state index contributed by atoms with van der Waals surface area (Å²) in [6.45, 7) is 12.9. The summed E-state index contributed by atoms with van der Waals surface area (Å²) in [4.78, 5) is 29.9. The predicted octanol–water partition coefficient (Wildman–Crippen LogP) is 4.89. The van der Waals surface area contributed by atoms with Crippen LogP contribution in [0.4, 0.5) is 10.5 Å². The highest BCUT2D eigenvalue weighted by atomic mass is 16.6. The second-order valence-electron chi connectivity index (χ2n) is 12.4. The zero-order valence-corrected chi connectivity index (χ0v) is 24.9. The normalized spacial score (nSPS) is 18.2. The molecule has 1 atom stereocenters. The fourth-order valence-corrected chi connectivity index (χ4v) is 5.71. The molecule has 0 bridgehead atoms. The Labute approximate surface area is 242 Å². The van der Waals surface area contributed by atoms with E-state index in [1.54, 1.807) is 4.90 Å². The quantitative estimate of drug-likeness (QED) is 0.437. The summed E-state index contributed by atoms with van der Waals surface area (Å²) in [5.74, 6) is 1.13. The SMILES string of the molecule is Cc1noc(C)c1CN1CC(Cc2ccccc2)NC(=O)c2nn(CCC3CCN(C(=O)OC(C)(C)C)CC3)cc21. The van der Waals surface area contributed by atoms with Crippen LogP contribution in [0.5, 0.6) is 0 Å². The number of aromatic nitrogens is 3. The van der Waals surface area contributed by atoms with Gasteiger partial charge in [0.25, 0.3) is 5.91 Å². The predicted molar refractivity (Wildman–Crippen MR) is 156 cm³/mol. The first-order valence-corrected chi connectivity index (χ1v) is 14.6. The molecule has 2 amide bonds. The minimum atomic E-state index is -0.487. The van der Waals surface area contributed by atoms with Crippen molar-refractivity contribution in [3.05, 3.63) is 64.8 Å². The molecule has 0 spiro atoms. The van der Waals surface area contributed by atoms with Gasteiger partial charge in [-0.2, -0.15) is 5.10 Å². The first kappa shape index (κ1) is 28.7. The maximum atomic E-state index is 13.4. The molecule has 1 aromatic carbocycles. The molecule has 0 radical (unpaired) electrons. The van der Waals surface area contributed by atoms with Crippen molar-refractivity contribution in [2.45, 2.75) is 85.0 Å². The number of carbonyl (C=O) groups is 2. The van der Waals surface area contributed by atoms with E-state index in [1.165, 1.54) is 5.56 Å². The molecule has 1 unspecified atom stereocenters. The minimum Gasteiger partial charge on any atom is -0.444 e. The zero-order valence-electron chi connectivity index (χ0n) is 24.9. The first-order chi connectivity index (χ1) is 19.6. The van der Waals surface area contributed by atoms with Gasteiger partial charge in [0.1, 0.15) is 11.4 Å². The number of fused-ring (bicyclic) bond motifs is 1. The van der Waals surface area contributed by atoms with Gasteiger partial charge in [-0.05, 0) is 71.8 Å². The Balaban J connectivity index is 1.27. The van der Waals surface area contributed by atoms with E-state index in [0.717, 1.165) is 48.4 Å². The van der Waals surface area contributed by atoms with Crippen LogP contribution < -0.4 is 10.2 Å². The molecule has 2 aliphatic heterocycles. The average Bonchev–Trinajstić information content (AvgIpc) is 3.47. The minimum absolute atomic E-state index is 0.0665. The highest BCUT2D eigenvalue weighted by molar-refractivity contribution is 5.98. The van der Waals surface area contributed by atoms with Crippen LogP contribution in [0.1, 0.15) is 73.1 Å². The number of likely N-dealkylation sites (tertiary alicyclic amines) is 1. The van der Waals surface area contributed by atoms with E-state index in [4.69, 9.17) is 14.4 Å². The van der Waals surface area contributed by atoms with Gasteiger partial charge in [0.2, 0.25) is 0 Å². The monoisotopic (exact) mass is 562 g/mol. The fraction of sp³-hybridized carbons (Fsp3) is 0.548. The van der Waals surface area contributed by atoms with Gasteiger partial charge in [0, 0.05) is 44.5 Å². The molecule has 3 aromatic rings. The lowest BCUT2D eigenvalue weighted by molar-refractivity contribution is 0.0179. The largest absolute Gasteiger partial charge is 0.444 e. The van der Waals surface area contributed by atoms with Crippen LogP contribution in [0.2, 0.25) is 0 Å². The topological polar surface area (TPSA) is 106 Å². The lowest BCUT2D eigenvalue weighted by Crippen LogP contribution is -2.42. The van der Waals surface area contributed by atoms with Crippen LogP contribution in [0.15, 0.2) is 41.1 Å². The van der Waals surface area contributed by atoms with Crippen molar-refractivity contribution in [2.24, 2.45) is 5.92 Å². The van der Waals surface area contributed by atoms with E-state index >= 15 is 0 Å². The number of aryl methyl sites for hydroxylation is 3. The Morgan fingerprint density at radius 2 is 1.88 bits per heavy atom. The summed E-state index contributed by atoms with van der Waals surface area (Å²) in [7, 11) is 0. The number of hydrogen-bond donors (Lipinski definition) is 1. The van der Waals surface area contributed by atoms with Crippen molar-refractivity contribution < 1.29 is 18.8 Å². The Kier molecular flexibility index (Phi) is 8.37. The molecular weight excluding hydrogens is 520 g/mol. The second-order valence-corrected chi connectivity index (χ2v) is 12.4. The fourth-order valence-electron chi connectivity index (χ4n) is 5.71. The molecule has 41 heavy (non-hydrogen) atoms. The molecule has 10 nitrogen and oxygen atoms in total. The van der Waals surface area contributed by atoms with Crippen molar-refractivity contribution in [3.63, 3.8) is 0 Å². The van der Waals surface area contributed by atoms with E-state index in [0.29, 0.717) is 44.3 Å². The second kappa shape index (κ2) is 12.0. The molecule has 5 rings (SSSR count). The molecule has 220 valence electrons. The third kappa shape index (κ3) is 7.10. The number of amides is 2. The maximum Gasteiger partial charge on any atom is 0.410 e. The molecule has 1 saturated heterocycles. The molecular formula is C31H42N6O4. The van der Waals surface area contributed by atoms with Gasteiger partial charge in [-0.3, -0.25) is 9.48 Å². The highest BCUT2D eigenvalue weighted by Gasteiger charge is 2.31. The summed E-state index contributed by atoms with van der Waals surface area (Å²) >= 11 is 0. The first-order valence-electron chi connectivity index (χ1n) is 14.6. The summed E-state index contributed by atoms with van der Waals surface area (Å²) in [6.07, 6.45) is 5.30. The Morgan fingerprint density at radius 3 is 2.54 bits per heavy atom. The summed E-state index contributed by atoms with van der Waals surface area (Å²) in [6, 6.07) is 10.2. The van der Waals surface area contributed by atoms with Crippen LogP contribution in [0.3, 0.4) is 0 Å². The molecule has 1 N–H and O–H groups in total. The van der Waals surface area contributed by atoms with Crippen LogP contribution in [-0.2, 0) is 24.2 Å². The summed E-state index contributed by atoms with van der Waals surface area (Å²) in [5.41, 5.74) is 3.87. The number of carbonyl (C=O) groups excluding carboxylic acids is 2. The number of nitrogens with one attached hydrogen (secondary N) is 1. The smallest absolute Gasteiger partial charge is 0.410 e. The maximum absolute atomic E-state index is 13.4. The van der Waals surface area contributed by atoms with Crippen molar-refractivity contribution >= 4 is 17.7 Å². The van der Waals surface area contributed by atoms with Gasteiger partial charge < -0.3 is 24.4 Å². The third-order valence-corrected chi connectivity index (χ3v) is 7.96. The van der Waals surface area contributed by atoms with Gasteiger partial charge >= 0.3 is 6.09 Å². The molecule has 2 aliphatic rings. The van der Waals surface area contributed by atoms with Crippen LogP contribution in [0, 0.1) is 19.8 Å². The van der Waals surface area contributed by atoms with Gasteiger partial charge in [-0.1, -0.05) is 35.5 Å². The van der Waals surface area contributed by atoms with Gasteiger partial charge in [-0.25, -0.2) is 4.79 Å². The summed E-state index contributed by atoms with van der Waals surface area (Å²) < 4.78 is 12.9. The molecule has 10 heteroatoms. The zero-order chi connectivity index (χ0) is 29.1. The number of benzene rings is 1. The molecule has 2 aromatic heterocycles. The molecule has 0 aliphatic carbocycles. The average molecular weight is 563 g/mol. The van der Waals surface area contributed by atoms with Crippen LogP contribution >= 0.6 is 0 Å². The van der Waals surface area contributed by atoms with Crippen molar-refractivity contribution in [1.29, 1.82) is 0 Å². The van der Waals surface area contributed by atoms with E-state index in [-0.39, 0.29) is 18.0 Å². The number of anilines is 1. The Bertz CT molecular complexity index is 1330. The Morgan fingerprint density at radius 1 is 1.15 bits per heavy atom. The number of ether oxygens (including phenoxy) is 1. The van der Waals surface area contributed by atoms with E-state index < -0.39 is 5.60 Å². The lowest BCUT2D eigenvalue weighted by atomic mass is 9.94. The van der Waals surface area contributed by atoms with Crippen molar-refractivity contribution in [3.8, 4) is 0 Å². The van der Waals surface area contributed by atoms with Crippen LogP contribution in [0.25, 0.3) is 0 Å². The van der Waals surface area contributed by atoms with E-state index in [1.807, 2.05) is 63.7 Å². The standard InChI is InChI=1S/C31H42N6O4/c1-21-26(22(2)41-34-21)19-36-18-25(17-24-9-7-6-8-10-24)32-29(38)28-27(36)20-37(33-28)16-13-23-11-14-35(15-12-23)30(39)40-31(3,4)5/h6-10,20,23,25H,11-19H2,1-5H3,(H,32,38). The van der Waals surface area contributed by atoms with Crippen molar-refractivity contribution in [1.82, 2.24) is 25.2 Å². The third-order valence-electron chi connectivity index (χ3n) is 7.96. The lowest BCUT2D eigenvalue weighted by Gasteiger charge is -2.33. The van der Waals surface area contributed by atoms with E-state index in [9.17, 15) is 9.59 Å². The highest BCUT2D eigenvalue weighted by Crippen LogP contribution is 2.29. The number of piperidine rings is 1. The molecule has 4 heterocycles. The number of rotatable bonds is 7. The molecule has 0 saturated carbocycles. The number of hydrogen-bond acceptors (Lipinski definition) is 7. The van der Waals surface area contributed by atoms with Gasteiger partial charge in [0.05, 0.1) is 17.4 Å². The van der Waals surface area contributed by atoms with Crippen molar-refractivity contribution in [2.75, 3.05) is 24.5 Å². The summed E-state index contributed by atoms with van der Waals surface area (Å²) in [5, 5.41) is 12.1. The van der Waals surface area contributed by atoms with Gasteiger partial charge in [-0.15, -0.1) is 0 Å². The number of nitrogens with zero attached hydrogens (tertiary/aromatic N) is 5.